The molecule has 6 heteroatoms. The van der Waals surface area contributed by atoms with Gasteiger partial charge in [-0.25, -0.2) is 4.98 Å². The molecular weight excluding hydrogens is 248 g/mol. The number of rotatable bonds is 4. The average molecular weight is 264 g/mol. The summed E-state index contributed by atoms with van der Waals surface area (Å²) in [6.07, 6.45) is 3.43. The van der Waals surface area contributed by atoms with Crippen molar-refractivity contribution in [3.63, 3.8) is 0 Å². The van der Waals surface area contributed by atoms with Crippen molar-refractivity contribution in [2.45, 2.75) is 32.7 Å². The van der Waals surface area contributed by atoms with Crippen molar-refractivity contribution < 1.29 is 4.79 Å². The van der Waals surface area contributed by atoms with Gasteiger partial charge in [0.05, 0.1) is 5.69 Å². The van der Waals surface area contributed by atoms with Gasteiger partial charge in [-0.3, -0.25) is 9.48 Å². The molecule has 0 saturated heterocycles. The SMILES string of the molecule is CC(C)c1csc(NC(=O)[C@H](C)n2cccn2)n1. The molecule has 0 bridgehead atoms. The van der Waals surface area contributed by atoms with Crippen LogP contribution in [0.25, 0.3) is 0 Å². The smallest absolute Gasteiger partial charge is 0.250 e. The van der Waals surface area contributed by atoms with Crippen LogP contribution in [-0.4, -0.2) is 20.7 Å². The molecule has 2 aromatic heterocycles. The second kappa shape index (κ2) is 5.30. The van der Waals surface area contributed by atoms with E-state index in [1.54, 1.807) is 30.1 Å². The predicted molar refractivity (Wildman–Crippen MR) is 71.8 cm³/mol. The summed E-state index contributed by atoms with van der Waals surface area (Å²) in [6.45, 7) is 5.96. The summed E-state index contributed by atoms with van der Waals surface area (Å²) in [5, 5.41) is 9.48. The molecule has 0 aliphatic carbocycles. The van der Waals surface area contributed by atoms with Crippen LogP contribution in [0.3, 0.4) is 0 Å². The van der Waals surface area contributed by atoms with Crippen molar-refractivity contribution >= 4 is 22.4 Å². The number of aromatic nitrogens is 3. The highest BCUT2D eigenvalue weighted by molar-refractivity contribution is 7.13. The number of nitrogens with zero attached hydrogens (tertiary/aromatic N) is 3. The Bertz CT molecular complexity index is 518. The Morgan fingerprint density at radius 2 is 2.22 bits per heavy atom. The van der Waals surface area contributed by atoms with E-state index >= 15 is 0 Å². The van der Waals surface area contributed by atoms with Crippen molar-refractivity contribution in [2.24, 2.45) is 0 Å². The molecule has 5 nitrogen and oxygen atoms in total. The maximum absolute atomic E-state index is 12.0. The topological polar surface area (TPSA) is 59.8 Å². The fourth-order valence-corrected chi connectivity index (χ4v) is 2.32. The van der Waals surface area contributed by atoms with Crippen LogP contribution < -0.4 is 5.32 Å². The van der Waals surface area contributed by atoms with E-state index in [1.165, 1.54) is 11.3 Å². The highest BCUT2D eigenvalue weighted by Crippen LogP contribution is 2.22. The predicted octanol–water partition coefficient (Wildman–Crippen LogP) is 2.66. The van der Waals surface area contributed by atoms with Gasteiger partial charge in [0.25, 0.3) is 5.91 Å². The number of thiazole rings is 1. The Balaban J connectivity index is 2.02. The fourth-order valence-electron chi connectivity index (χ4n) is 1.45. The van der Waals surface area contributed by atoms with Gasteiger partial charge < -0.3 is 5.32 Å². The minimum Gasteiger partial charge on any atom is -0.300 e. The van der Waals surface area contributed by atoms with Crippen molar-refractivity contribution in [1.29, 1.82) is 0 Å². The number of carbonyl (C=O) groups excluding carboxylic acids is 1. The van der Waals surface area contributed by atoms with E-state index in [9.17, 15) is 4.79 Å². The molecule has 0 spiro atoms. The number of carbonyl (C=O) groups is 1. The summed E-state index contributed by atoms with van der Waals surface area (Å²) in [6, 6.07) is 1.45. The second-order valence-corrected chi connectivity index (χ2v) is 5.24. The van der Waals surface area contributed by atoms with E-state index in [4.69, 9.17) is 0 Å². The Labute approximate surface area is 110 Å². The first-order valence-corrected chi connectivity index (χ1v) is 6.71. The Morgan fingerprint density at radius 1 is 1.44 bits per heavy atom. The van der Waals surface area contributed by atoms with E-state index in [2.05, 4.69) is 29.2 Å². The van der Waals surface area contributed by atoms with Crippen LogP contribution in [0.15, 0.2) is 23.8 Å². The van der Waals surface area contributed by atoms with Crippen LogP contribution in [0, 0.1) is 0 Å². The van der Waals surface area contributed by atoms with E-state index in [-0.39, 0.29) is 11.9 Å². The molecule has 2 aromatic rings. The number of hydrogen-bond acceptors (Lipinski definition) is 4. The summed E-state index contributed by atoms with van der Waals surface area (Å²) >= 11 is 1.45. The van der Waals surface area contributed by atoms with Crippen molar-refractivity contribution in [3.05, 3.63) is 29.5 Å². The van der Waals surface area contributed by atoms with Gasteiger partial charge >= 0.3 is 0 Å². The van der Waals surface area contributed by atoms with Gasteiger partial charge in [0.1, 0.15) is 6.04 Å². The van der Waals surface area contributed by atoms with Crippen LogP contribution in [0.4, 0.5) is 5.13 Å². The lowest BCUT2D eigenvalue weighted by molar-refractivity contribution is -0.119. The molecule has 2 heterocycles. The van der Waals surface area contributed by atoms with Crippen LogP contribution in [-0.2, 0) is 4.79 Å². The number of nitrogens with one attached hydrogen (secondary N) is 1. The highest BCUT2D eigenvalue weighted by Gasteiger charge is 2.16. The zero-order chi connectivity index (χ0) is 13.1. The summed E-state index contributed by atoms with van der Waals surface area (Å²) < 4.78 is 1.62. The second-order valence-electron chi connectivity index (χ2n) is 4.38. The van der Waals surface area contributed by atoms with E-state index in [0.29, 0.717) is 11.0 Å². The molecule has 0 unspecified atom stereocenters. The van der Waals surface area contributed by atoms with Crippen LogP contribution in [0.1, 0.15) is 38.4 Å². The lowest BCUT2D eigenvalue weighted by atomic mass is 10.2. The maximum atomic E-state index is 12.0. The number of anilines is 1. The van der Waals surface area contributed by atoms with Gasteiger partial charge in [0.2, 0.25) is 0 Å². The molecule has 1 amide bonds. The Kier molecular flexibility index (Phi) is 3.76. The molecule has 0 radical (unpaired) electrons. The molecule has 0 aliphatic rings. The minimum atomic E-state index is -0.341. The first-order chi connectivity index (χ1) is 8.58. The summed E-state index contributed by atoms with van der Waals surface area (Å²) in [4.78, 5) is 16.4. The Hall–Kier alpha value is -1.69. The molecule has 1 atom stereocenters. The Morgan fingerprint density at radius 3 is 2.78 bits per heavy atom. The van der Waals surface area contributed by atoms with Crippen molar-refractivity contribution in [1.82, 2.24) is 14.8 Å². The molecule has 18 heavy (non-hydrogen) atoms. The first kappa shape index (κ1) is 12.8. The monoisotopic (exact) mass is 264 g/mol. The first-order valence-electron chi connectivity index (χ1n) is 5.83. The van der Waals surface area contributed by atoms with Gasteiger partial charge in [0, 0.05) is 17.8 Å². The van der Waals surface area contributed by atoms with Gasteiger partial charge in [0.15, 0.2) is 5.13 Å². The van der Waals surface area contributed by atoms with Crippen molar-refractivity contribution in [3.8, 4) is 0 Å². The van der Waals surface area contributed by atoms with Crippen molar-refractivity contribution in [2.75, 3.05) is 5.32 Å². The molecule has 0 aliphatic heterocycles. The molecule has 0 saturated carbocycles. The van der Waals surface area contributed by atoms with Gasteiger partial charge in [-0.05, 0) is 18.9 Å². The fraction of sp³-hybridized carbons (Fsp3) is 0.417. The minimum absolute atomic E-state index is 0.108. The number of hydrogen-bond donors (Lipinski definition) is 1. The third-order valence-electron chi connectivity index (χ3n) is 2.64. The zero-order valence-corrected chi connectivity index (χ0v) is 11.4. The molecule has 1 N–H and O–H groups in total. The lowest BCUT2D eigenvalue weighted by Crippen LogP contribution is -2.23. The lowest BCUT2D eigenvalue weighted by Gasteiger charge is -2.10. The molecule has 96 valence electrons. The number of amides is 1. The van der Waals surface area contributed by atoms with Crippen LogP contribution in [0.2, 0.25) is 0 Å². The van der Waals surface area contributed by atoms with Gasteiger partial charge in [-0.1, -0.05) is 13.8 Å². The highest BCUT2D eigenvalue weighted by atomic mass is 32.1. The standard InChI is InChI=1S/C12H16N4OS/c1-8(2)10-7-18-12(14-10)15-11(17)9(3)16-6-4-5-13-16/h4-9H,1-3H3,(H,14,15,17)/t9-/m0/s1. The van der Waals surface area contributed by atoms with E-state index < -0.39 is 0 Å². The molecule has 0 fully saturated rings. The molecule has 2 rings (SSSR count). The third kappa shape index (κ3) is 2.76. The molecule has 0 aromatic carbocycles. The average Bonchev–Trinajstić information content (AvgIpc) is 2.98. The van der Waals surface area contributed by atoms with E-state index in [0.717, 1.165) is 5.69 Å². The maximum Gasteiger partial charge on any atom is 0.250 e. The third-order valence-corrected chi connectivity index (χ3v) is 3.42. The van der Waals surface area contributed by atoms with Gasteiger partial charge in [-0.15, -0.1) is 11.3 Å². The summed E-state index contributed by atoms with van der Waals surface area (Å²) in [5.74, 6) is 0.263. The molecular formula is C12H16N4OS. The largest absolute Gasteiger partial charge is 0.300 e. The van der Waals surface area contributed by atoms with Crippen LogP contribution >= 0.6 is 11.3 Å². The van der Waals surface area contributed by atoms with Gasteiger partial charge in [-0.2, -0.15) is 5.10 Å². The van der Waals surface area contributed by atoms with Crippen LogP contribution in [0.5, 0.6) is 0 Å². The van der Waals surface area contributed by atoms with E-state index in [1.807, 2.05) is 5.38 Å². The summed E-state index contributed by atoms with van der Waals surface area (Å²) in [7, 11) is 0. The zero-order valence-electron chi connectivity index (χ0n) is 10.6. The normalized spacial score (nSPS) is 12.7. The summed E-state index contributed by atoms with van der Waals surface area (Å²) in [5.41, 5.74) is 1.00. The quantitative estimate of drug-likeness (QED) is 0.923.